The molecule has 0 aliphatic carbocycles. The highest BCUT2D eigenvalue weighted by atomic mass is 16.4. The lowest BCUT2D eigenvalue weighted by Crippen LogP contribution is -2.33. The van der Waals surface area contributed by atoms with Crippen LogP contribution in [0.1, 0.15) is 5.56 Å². The highest BCUT2D eigenvalue weighted by molar-refractivity contribution is 6.60. The van der Waals surface area contributed by atoms with Crippen LogP contribution >= 0.6 is 0 Å². The summed E-state index contributed by atoms with van der Waals surface area (Å²) in [5, 5.41) is 26.6. The van der Waals surface area contributed by atoms with Gasteiger partial charge in [0.2, 0.25) is 0 Å². The summed E-state index contributed by atoms with van der Waals surface area (Å²) in [5.41, 5.74) is 0.212. The average molecular weight is 192 g/mol. The second-order valence-electron chi connectivity index (χ2n) is 2.74. The molecule has 0 atom stereocenters. The molecule has 0 saturated heterocycles. The Balaban J connectivity index is 3.20. The summed E-state index contributed by atoms with van der Waals surface area (Å²) in [6.45, 7) is 3.35. The van der Waals surface area contributed by atoms with E-state index < -0.39 is 13.1 Å². The molecule has 0 radical (unpaired) electrons. The molecule has 0 aliphatic rings. The van der Waals surface area contributed by atoms with E-state index in [1.165, 1.54) is 12.1 Å². The lowest BCUT2D eigenvalue weighted by molar-refractivity contribution is -0.130. The van der Waals surface area contributed by atoms with Gasteiger partial charge in [-0.25, -0.2) is 4.79 Å². The summed E-state index contributed by atoms with van der Waals surface area (Å²) in [6, 6.07) is 6.11. The Bertz CT molecular complexity index is 373. The highest BCUT2D eigenvalue weighted by Crippen LogP contribution is 2.09. The van der Waals surface area contributed by atoms with Crippen LogP contribution in [0.15, 0.2) is 30.8 Å². The van der Waals surface area contributed by atoms with E-state index in [2.05, 4.69) is 6.58 Å². The summed E-state index contributed by atoms with van der Waals surface area (Å²) < 4.78 is 0. The minimum atomic E-state index is -1.69. The molecule has 5 heteroatoms. The molecule has 0 unspecified atom stereocenters. The monoisotopic (exact) mass is 192 g/mol. The van der Waals surface area contributed by atoms with Gasteiger partial charge in [-0.2, -0.15) is 0 Å². The number of aliphatic carboxylic acids is 1. The SMILES string of the molecule is C=C(C(=O)O)c1ccccc1B(O)O. The zero-order valence-corrected chi connectivity index (χ0v) is 7.34. The van der Waals surface area contributed by atoms with Crippen LogP contribution in [0, 0.1) is 0 Å². The maximum Gasteiger partial charge on any atom is 0.489 e. The van der Waals surface area contributed by atoms with E-state index in [-0.39, 0.29) is 16.6 Å². The molecule has 0 aromatic heterocycles. The summed E-state index contributed by atoms with van der Waals surface area (Å²) in [6.07, 6.45) is 0. The number of hydrogen-bond acceptors (Lipinski definition) is 3. The number of carboxylic acid groups (broad SMARTS) is 1. The molecular formula is C9H9BO4. The van der Waals surface area contributed by atoms with Crippen molar-refractivity contribution in [3.05, 3.63) is 36.4 Å². The number of carboxylic acids is 1. The molecule has 14 heavy (non-hydrogen) atoms. The van der Waals surface area contributed by atoms with Crippen LogP contribution < -0.4 is 5.46 Å². The largest absolute Gasteiger partial charge is 0.489 e. The van der Waals surface area contributed by atoms with Crippen LogP contribution in [0.4, 0.5) is 0 Å². The number of benzene rings is 1. The van der Waals surface area contributed by atoms with Gasteiger partial charge in [-0.3, -0.25) is 0 Å². The first kappa shape index (κ1) is 10.5. The maximum atomic E-state index is 10.6. The van der Waals surface area contributed by atoms with Crippen molar-refractivity contribution in [2.45, 2.75) is 0 Å². The first-order chi connectivity index (χ1) is 6.54. The topological polar surface area (TPSA) is 77.8 Å². The summed E-state index contributed by atoms with van der Waals surface area (Å²) in [4.78, 5) is 10.6. The molecule has 0 spiro atoms. The van der Waals surface area contributed by atoms with Gasteiger partial charge in [-0.15, -0.1) is 0 Å². The van der Waals surface area contributed by atoms with Gasteiger partial charge in [0.05, 0.1) is 5.57 Å². The van der Waals surface area contributed by atoms with Gasteiger partial charge in [0.1, 0.15) is 0 Å². The van der Waals surface area contributed by atoms with E-state index in [1.54, 1.807) is 12.1 Å². The van der Waals surface area contributed by atoms with Gasteiger partial charge in [-0.1, -0.05) is 30.8 Å². The Morgan fingerprint density at radius 2 is 1.86 bits per heavy atom. The van der Waals surface area contributed by atoms with E-state index >= 15 is 0 Å². The Kier molecular flexibility index (Phi) is 3.06. The zero-order chi connectivity index (χ0) is 10.7. The van der Waals surface area contributed by atoms with Crippen LogP contribution in [0.2, 0.25) is 0 Å². The van der Waals surface area contributed by atoms with Crippen molar-refractivity contribution in [1.29, 1.82) is 0 Å². The van der Waals surface area contributed by atoms with Gasteiger partial charge < -0.3 is 15.2 Å². The van der Waals surface area contributed by atoms with E-state index in [9.17, 15) is 4.79 Å². The minimum Gasteiger partial charge on any atom is -0.478 e. The summed E-state index contributed by atoms with van der Waals surface area (Å²) in [7, 11) is -1.69. The molecule has 0 amide bonds. The van der Waals surface area contributed by atoms with Gasteiger partial charge in [0, 0.05) is 0 Å². The van der Waals surface area contributed by atoms with E-state index in [1.807, 2.05) is 0 Å². The van der Waals surface area contributed by atoms with Crippen LogP contribution in [0.3, 0.4) is 0 Å². The van der Waals surface area contributed by atoms with Crippen molar-refractivity contribution in [2.24, 2.45) is 0 Å². The third-order valence-electron chi connectivity index (χ3n) is 1.82. The van der Waals surface area contributed by atoms with E-state index in [4.69, 9.17) is 15.2 Å². The highest BCUT2D eigenvalue weighted by Gasteiger charge is 2.19. The second kappa shape index (κ2) is 4.08. The quantitative estimate of drug-likeness (QED) is 0.444. The number of rotatable bonds is 3. The third kappa shape index (κ3) is 2.01. The molecule has 0 fully saturated rings. The molecule has 0 bridgehead atoms. The predicted molar refractivity (Wildman–Crippen MR) is 52.9 cm³/mol. The Hall–Kier alpha value is -1.59. The minimum absolute atomic E-state index is 0.139. The maximum absolute atomic E-state index is 10.6. The normalized spacial score (nSPS) is 9.57. The first-order valence-corrected chi connectivity index (χ1v) is 3.91. The first-order valence-electron chi connectivity index (χ1n) is 3.91. The summed E-state index contributed by atoms with van der Waals surface area (Å²) >= 11 is 0. The van der Waals surface area contributed by atoms with Gasteiger partial charge >= 0.3 is 13.1 Å². The summed E-state index contributed by atoms with van der Waals surface area (Å²) in [5.74, 6) is -1.18. The molecule has 1 aromatic carbocycles. The van der Waals surface area contributed by atoms with Gasteiger partial charge in [-0.05, 0) is 11.0 Å². The van der Waals surface area contributed by atoms with Crippen LogP contribution in [-0.2, 0) is 4.79 Å². The third-order valence-corrected chi connectivity index (χ3v) is 1.82. The number of hydrogen-bond donors (Lipinski definition) is 3. The molecule has 0 heterocycles. The van der Waals surface area contributed by atoms with Crippen LogP contribution in [-0.4, -0.2) is 28.2 Å². The van der Waals surface area contributed by atoms with Crippen molar-refractivity contribution in [1.82, 2.24) is 0 Å². The van der Waals surface area contributed by atoms with E-state index in [0.29, 0.717) is 0 Å². The Morgan fingerprint density at radius 3 is 2.36 bits per heavy atom. The van der Waals surface area contributed by atoms with Crippen molar-refractivity contribution in [3.63, 3.8) is 0 Å². The molecule has 3 N–H and O–H groups in total. The molecule has 4 nitrogen and oxygen atoms in total. The molecule has 0 saturated carbocycles. The Morgan fingerprint density at radius 1 is 1.29 bits per heavy atom. The number of carbonyl (C=O) groups is 1. The standard InChI is InChI=1S/C9H9BO4/c1-6(9(11)12)7-4-2-3-5-8(7)10(13)14/h2-5,13-14H,1H2,(H,11,12). The second-order valence-corrected chi connectivity index (χ2v) is 2.74. The average Bonchev–Trinajstić information content (AvgIpc) is 2.16. The van der Waals surface area contributed by atoms with E-state index in [0.717, 1.165) is 0 Å². The molecular weight excluding hydrogens is 183 g/mol. The zero-order valence-electron chi connectivity index (χ0n) is 7.34. The van der Waals surface area contributed by atoms with Gasteiger partial charge in [0.15, 0.2) is 0 Å². The van der Waals surface area contributed by atoms with Crippen molar-refractivity contribution in [3.8, 4) is 0 Å². The van der Waals surface area contributed by atoms with Gasteiger partial charge in [0.25, 0.3) is 0 Å². The molecule has 72 valence electrons. The molecule has 1 aromatic rings. The fourth-order valence-electron chi connectivity index (χ4n) is 1.11. The lowest BCUT2D eigenvalue weighted by atomic mass is 9.75. The smallest absolute Gasteiger partial charge is 0.478 e. The fraction of sp³-hybridized carbons (Fsp3) is 0. The van der Waals surface area contributed by atoms with Crippen LogP contribution in [0.25, 0.3) is 5.57 Å². The Labute approximate surface area is 81.3 Å². The lowest BCUT2D eigenvalue weighted by Gasteiger charge is -2.07. The van der Waals surface area contributed by atoms with Crippen LogP contribution in [0.5, 0.6) is 0 Å². The van der Waals surface area contributed by atoms with Crippen molar-refractivity contribution in [2.75, 3.05) is 0 Å². The van der Waals surface area contributed by atoms with Crippen molar-refractivity contribution < 1.29 is 19.9 Å². The molecule has 1 rings (SSSR count). The molecule has 0 aliphatic heterocycles. The fourth-order valence-corrected chi connectivity index (χ4v) is 1.11. The predicted octanol–water partition coefficient (Wildman–Crippen LogP) is -0.536. The van der Waals surface area contributed by atoms with Crippen molar-refractivity contribution >= 4 is 24.1 Å².